The van der Waals surface area contributed by atoms with Crippen molar-refractivity contribution in [3.05, 3.63) is 35.8 Å². The summed E-state index contributed by atoms with van der Waals surface area (Å²) in [5.41, 5.74) is -4.16. The lowest BCUT2D eigenvalue weighted by atomic mass is 9.33. The summed E-state index contributed by atoms with van der Waals surface area (Å²) in [5.74, 6) is -0.365. The predicted molar refractivity (Wildman–Crippen MR) is 203 cm³/mol. The second kappa shape index (κ2) is 12.7. The van der Waals surface area contributed by atoms with Crippen molar-refractivity contribution < 1.29 is 48.0 Å². The Morgan fingerprint density at radius 2 is 1.77 bits per heavy atom. The van der Waals surface area contributed by atoms with Gasteiger partial charge in [-0.05, 0) is 100 Å². The lowest BCUT2D eigenvalue weighted by molar-refractivity contribution is -0.275. The smallest absolute Gasteiger partial charge is 0.339 e. The van der Waals surface area contributed by atoms with Crippen molar-refractivity contribution in [1.29, 1.82) is 0 Å². The van der Waals surface area contributed by atoms with Gasteiger partial charge >= 0.3 is 11.9 Å². The summed E-state index contributed by atoms with van der Waals surface area (Å²) in [6, 6.07) is 2.35. The average Bonchev–Trinajstić information content (AvgIpc) is 3.46. The van der Waals surface area contributed by atoms with E-state index in [4.69, 9.17) is 23.4 Å². The van der Waals surface area contributed by atoms with E-state index in [1.165, 1.54) is 0 Å². The van der Waals surface area contributed by atoms with Crippen LogP contribution in [0.5, 0.6) is 0 Å². The zero-order chi connectivity index (χ0) is 39.3. The Bertz CT molecular complexity index is 1870. The van der Waals surface area contributed by atoms with Gasteiger partial charge < -0.3 is 38.9 Å². The van der Waals surface area contributed by atoms with Crippen LogP contribution in [0.2, 0.25) is 0 Å². The Labute approximate surface area is 334 Å². The molecule has 57 heavy (non-hydrogen) atoms. The van der Waals surface area contributed by atoms with Crippen LogP contribution in [-0.2, 0) is 39.8 Å². The second-order valence-electron chi connectivity index (χ2n) is 20.6. The zero-order valence-corrected chi connectivity index (χ0v) is 33.6. The van der Waals surface area contributed by atoms with E-state index in [2.05, 4.69) is 29.7 Å². The highest BCUT2D eigenvalue weighted by Gasteiger charge is 2.92. The van der Waals surface area contributed by atoms with Gasteiger partial charge in [0.15, 0.2) is 11.9 Å². The van der Waals surface area contributed by atoms with E-state index in [9.17, 15) is 19.8 Å². The molecule has 11 rings (SSSR count). The van der Waals surface area contributed by atoms with Crippen LogP contribution in [0.1, 0.15) is 109 Å². The molecule has 6 heterocycles. The molecule has 4 N–H and O–H groups in total. The van der Waals surface area contributed by atoms with Crippen LogP contribution in [0, 0.1) is 57.7 Å². The first-order valence-corrected chi connectivity index (χ1v) is 22.2. The molecule has 0 aromatic carbocycles. The van der Waals surface area contributed by atoms with E-state index in [1.54, 1.807) is 6.26 Å². The lowest BCUT2D eigenvalue weighted by Crippen LogP contribution is -2.79. The molecular weight excluding hydrogens is 728 g/mol. The van der Waals surface area contributed by atoms with Crippen molar-refractivity contribution in [3.8, 4) is 0 Å². The maximum absolute atomic E-state index is 15.2. The van der Waals surface area contributed by atoms with Crippen molar-refractivity contribution in [1.82, 2.24) is 10.6 Å². The lowest BCUT2D eigenvalue weighted by Gasteiger charge is -2.70. The number of rotatable bonds is 5. The molecule has 9 fully saturated rings. The van der Waals surface area contributed by atoms with Crippen molar-refractivity contribution in [2.45, 2.75) is 146 Å². The Hall–Kier alpha value is -2.61. The molecule has 10 aliphatic rings. The molecule has 5 aliphatic carbocycles. The quantitative estimate of drug-likeness (QED) is 0.190. The average molecular weight is 789 g/mol. The van der Waals surface area contributed by atoms with Gasteiger partial charge in [-0.1, -0.05) is 38.3 Å². The summed E-state index contributed by atoms with van der Waals surface area (Å²) < 4.78 is 32.5. The maximum Gasteiger partial charge on any atom is 0.339 e. The Balaban J connectivity index is 0.997. The monoisotopic (exact) mass is 788 g/mol. The van der Waals surface area contributed by atoms with E-state index >= 15 is 4.79 Å². The summed E-state index contributed by atoms with van der Waals surface area (Å²) in [6.07, 6.45) is 11.5. The van der Waals surface area contributed by atoms with E-state index in [-0.39, 0.29) is 48.5 Å². The molecule has 12 heteroatoms. The fourth-order valence-corrected chi connectivity index (χ4v) is 16.0. The van der Waals surface area contributed by atoms with Gasteiger partial charge in [0.05, 0.1) is 36.4 Å². The number of Topliss-reactive ketones (excluding diaryl/α,β-unsaturated/α-hetero) is 1. The molecule has 0 unspecified atom stereocenters. The fourth-order valence-electron chi connectivity index (χ4n) is 16.0. The van der Waals surface area contributed by atoms with Crippen LogP contribution < -0.4 is 10.6 Å². The van der Waals surface area contributed by atoms with Crippen LogP contribution in [0.15, 0.2) is 28.9 Å². The molecule has 0 radical (unpaired) electrons. The summed E-state index contributed by atoms with van der Waals surface area (Å²) in [7, 11) is 0. The Kier molecular flexibility index (Phi) is 8.34. The highest BCUT2D eigenvalue weighted by atomic mass is 16.7. The number of furan rings is 1. The van der Waals surface area contributed by atoms with Crippen molar-refractivity contribution >= 4 is 17.7 Å². The summed E-state index contributed by atoms with van der Waals surface area (Å²) in [4.78, 5) is 42.6. The van der Waals surface area contributed by atoms with Gasteiger partial charge in [-0.25, -0.2) is 4.79 Å². The number of nitrogens with one attached hydrogen (secondary N) is 2. The molecule has 1 aromatic rings. The Morgan fingerprint density at radius 3 is 2.56 bits per heavy atom. The third kappa shape index (κ3) is 4.74. The number of ether oxygens (including phenoxy) is 4. The zero-order valence-electron chi connectivity index (χ0n) is 33.6. The minimum absolute atomic E-state index is 0.0501. The van der Waals surface area contributed by atoms with Gasteiger partial charge in [0.25, 0.3) is 0 Å². The number of epoxide rings is 1. The topological polar surface area (TPSA) is 169 Å². The van der Waals surface area contributed by atoms with Gasteiger partial charge in [0, 0.05) is 47.5 Å². The van der Waals surface area contributed by atoms with Crippen LogP contribution in [0.4, 0.5) is 0 Å². The number of carbonyl (C=O) groups excluding carboxylic acids is 3. The van der Waals surface area contributed by atoms with Crippen molar-refractivity contribution in [2.24, 2.45) is 57.7 Å². The van der Waals surface area contributed by atoms with Crippen LogP contribution in [0.25, 0.3) is 0 Å². The molecule has 2 spiro atoms. The maximum atomic E-state index is 15.2. The first-order valence-electron chi connectivity index (χ1n) is 22.2. The van der Waals surface area contributed by atoms with Crippen LogP contribution in [0.3, 0.4) is 0 Å². The van der Waals surface area contributed by atoms with E-state index < -0.39 is 69.9 Å². The summed E-state index contributed by atoms with van der Waals surface area (Å²) >= 11 is 0. The number of aliphatic hydroxyl groups excluding tert-OH is 2. The third-order valence-corrected chi connectivity index (χ3v) is 18.1. The molecule has 4 saturated carbocycles. The molecule has 0 bridgehead atoms. The van der Waals surface area contributed by atoms with Gasteiger partial charge in [0.1, 0.15) is 30.2 Å². The van der Waals surface area contributed by atoms with Gasteiger partial charge in [0.2, 0.25) is 0 Å². The number of esters is 2. The first-order chi connectivity index (χ1) is 27.4. The fraction of sp³-hybridized carbons (Fsp3) is 0.800. The highest BCUT2D eigenvalue weighted by Crippen LogP contribution is 2.82. The SMILES string of the molecule is CC1(C)O[C@H]2CC(=O)OC[C@@]23[C@@H]1C(=O)[C@@H](O)[C@]1(C2CCCCC2)[C@@H]3CC[C@@]2(C)[C@H](c3ccoc3C[C@@H]3[C@@H]4C=C[C@@H]([C@@H]5CNCN5)C[C@H]4CC[C@@H]3O)OC(=O)[C@H]3O[C@@]312. The van der Waals surface area contributed by atoms with Gasteiger partial charge in [-0.3, -0.25) is 14.9 Å². The number of ketones is 1. The molecule has 5 aliphatic heterocycles. The molecule has 12 nitrogen and oxygen atoms in total. The minimum Gasteiger partial charge on any atom is -0.469 e. The van der Waals surface area contributed by atoms with Gasteiger partial charge in [-0.2, -0.15) is 0 Å². The molecule has 310 valence electrons. The van der Waals surface area contributed by atoms with Crippen molar-refractivity contribution in [2.75, 3.05) is 19.8 Å². The third-order valence-electron chi connectivity index (χ3n) is 18.1. The first kappa shape index (κ1) is 37.4. The van der Waals surface area contributed by atoms with Crippen molar-refractivity contribution in [3.63, 3.8) is 0 Å². The van der Waals surface area contributed by atoms with E-state index in [0.29, 0.717) is 42.9 Å². The number of hydrogen-bond acceptors (Lipinski definition) is 12. The number of allylic oxidation sites excluding steroid dienone is 1. The molecule has 5 saturated heterocycles. The number of hydrogen-bond donors (Lipinski definition) is 4. The highest BCUT2D eigenvalue weighted by molar-refractivity contribution is 5.92. The minimum atomic E-state index is -1.40. The van der Waals surface area contributed by atoms with Crippen LogP contribution in [-0.4, -0.2) is 89.4 Å². The number of carbonyl (C=O) groups is 3. The molecule has 1 aromatic heterocycles. The number of aliphatic hydroxyl groups is 2. The van der Waals surface area contributed by atoms with E-state index in [0.717, 1.165) is 70.1 Å². The van der Waals surface area contributed by atoms with E-state index in [1.807, 2.05) is 19.9 Å². The number of cyclic esters (lactones) is 2. The predicted octanol–water partition coefficient (Wildman–Crippen LogP) is 4.31. The number of fused-ring (bicyclic) bond motifs is 2. The van der Waals surface area contributed by atoms with Gasteiger partial charge in [-0.15, -0.1) is 0 Å². The molecular formula is C45H60N2O10. The second-order valence-corrected chi connectivity index (χ2v) is 20.6. The normalized spacial score (nSPS) is 51.1. The molecule has 16 atom stereocenters. The largest absolute Gasteiger partial charge is 0.469 e. The molecule has 0 amide bonds. The standard InChI is InChI=1S/C45H60N2O10/c1-41(2)36-35(50)37(51)44(25-7-5-4-6-8-25)32(43(36)21-54-34(49)19-33(43)56-41)13-15-42(3)38(55-40(52)39-45(42,44)57-39)27-14-16-53-31(27)18-28-26-11-9-24(29-20-46-22-47-29)17-23(26)10-12-30(28)48/h9,11,14,16,23-26,28-30,32-33,36-39,46-48,51H,4-8,10,12-13,15,17-22H2,1-3H3/t23-,24-,26-,28-,29+,30+,32-,33+,36-,37-,38+,39-,42+,43+,44+,45-/m1/s1. The summed E-state index contributed by atoms with van der Waals surface area (Å²) in [5, 5.41) is 31.6. The Morgan fingerprint density at radius 1 is 0.947 bits per heavy atom. The van der Waals surface area contributed by atoms with Crippen LogP contribution >= 0.6 is 0 Å². The summed E-state index contributed by atoms with van der Waals surface area (Å²) in [6.45, 7) is 7.83.